The van der Waals surface area contributed by atoms with Crippen LogP contribution in [0.2, 0.25) is 0 Å². The Morgan fingerprint density at radius 3 is 2.86 bits per heavy atom. The monoisotopic (exact) mass is 310 g/mol. The van der Waals surface area contributed by atoms with Gasteiger partial charge in [0.05, 0.1) is 12.2 Å². The van der Waals surface area contributed by atoms with Crippen molar-refractivity contribution in [2.24, 2.45) is 7.05 Å². The highest BCUT2D eigenvalue weighted by molar-refractivity contribution is 7.89. The Hall–Kier alpha value is -1.67. The van der Waals surface area contributed by atoms with Gasteiger partial charge in [-0.05, 0) is 33.1 Å². The summed E-state index contributed by atoms with van der Waals surface area (Å²) in [6, 6.07) is -0.249. The average Bonchev–Trinajstić information content (AvgIpc) is 2.94. The van der Waals surface area contributed by atoms with Gasteiger partial charge >= 0.3 is 0 Å². The van der Waals surface area contributed by atoms with Crippen molar-refractivity contribution in [1.82, 2.24) is 19.7 Å². The first-order valence-electron chi connectivity index (χ1n) is 6.86. The van der Waals surface area contributed by atoms with E-state index >= 15 is 0 Å². The fraction of sp³-hybridized carbons (Fsp3) is 0.538. The molecular weight excluding hydrogens is 292 g/mol. The maximum absolute atomic E-state index is 12.6. The summed E-state index contributed by atoms with van der Waals surface area (Å²) in [7, 11) is -1.78. The van der Waals surface area contributed by atoms with Crippen LogP contribution in [0, 0.1) is 13.8 Å². The van der Waals surface area contributed by atoms with Gasteiger partial charge in [-0.1, -0.05) is 5.16 Å². The Balaban J connectivity index is 1.94. The molecule has 7 nitrogen and oxygen atoms in total. The number of fused-ring (bicyclic) bond motifs is 1. The van der Waals surface area contributed by atoms with Gasteiger partial charge in [-0.2, -0.15) is 5.10 Å². The largest absolute Gasteiger partial charge is 0.360 e. The smallest absolute Gasteiger partial charge is 0.246 e. The highest BCUT2D eigenvalue weighted by atomic mass is 32.2. The van der Waals surface area contributed by atoms with Gasteiger partial charge in [0.1, 0.15) is 10.6 Å². The molecule has 2 aromatic rings. The van der Waals surface area contributed by atoms with Crippen LogP contribution >= 0.6 is 0 Å². The molecule has 0 amide bonds. The molecule has 0 unspecified atom stereocenters. The van der Waals surface area contributed by atoms with E-state index < -0.39 is 10.0 Å². The lowest BCUT2D eigenvalue weighted by Crippen LogP contribution is -2.31. The van der Waals surface area contributed by atoms with Crippen molar-refractivity contribution in [3.8, 4) is 0 Å². The number of nitrogens with one attached hydrogen (secondary N) is 1. The number of hydrogen-bond donors (Lipinski definition) is 1. The van der Waals surface area contributed by atoms with Gasteiger partial charge in [-0.15, -0.1) is 0 Å². The highest BCUT2D eigenvalue weighted by Gasteiger charge is 2.31. The summed E-state index contributed by atoms with van der Waals surface area (Å²) in [5, 5.41) is 7.94. The van der Waals surface area contributed by atoms with E-state index in [1.54, 1.807) is 20.0 Å². The van der Waals surface area contributed by atoms with Gasteiger partial charge in [0.15, 0.2) is 5.76 Å². The van der Waals surface area contributed by atoms with Crippen LogP contribution in [0.5, 0.6) is 0 Å². The molecule has 0 radical (unpaired) electrons. The van der Waals surface area contributed by atoms with Crippen molar-refractivity contribution in [2.45, 2.75) is 44.0 Å². The van der Waals surface area contributed by atoms with Crippen LogP contribution in [0.25, 0.3) is 0 Å². The Labute approximate surface area is 123 Å². The van der Waals surface area contributed by atoms with E-state index in [0.717, 1.165) is 30.5 Å². The van der Waals surface area contributed by atoms with Crippen LogP contribution in [-0.2, 0) is 23.5 Å². The average molecular weight is 310 g/mol. The third-order valence-electron chi connectivity index (χ3n) is 3.91. The molecule has 0 saturated heterocycles. The second kappa shape index (κ2) is 4.96. The molecule has 0 aromatic carbocycles. The number of hydrogen-bond acceptors (Lipinski definition) is 5. The summed E-state index contributed by atoms with van der Waals surface area (Å²) in [5.41, 5.74) is 2.43. The molecule has 0 saturated carbocycles. The third-order valence-corrected chi connectivity index (χ3v) is 5.62. The van der Waals surface area contributed by atoms with Crippen molar-refractivity contribution >= 4 is 10.0 Å². The minimum absolute atomic E-state index is 0.138. The Morgan fingerprint density at radius 1 is 1.43 bits per heavy atom. The molecule has 1 aliphatic carbocycles. The second-order valence-electron chi connectivity index (χ2n) is 5.39. The van der Waals surface area contributed by atoms with Crippen LogP contribution < -0.4 is 4.72 Å². The Kier molecular flexibility index (Phi) is 3.37. The molecule has 1 atom stereocenters. The number of aromatic nitrogens is 3. The molecule has 21 heavy (non-hydrogen) atoms. The van der Waals surface area contributed by atoms with Crippen molar-refractivity contribution in [3.63, 3.8) is 0 Å². The zero-order valence-electron chi connectivity index (χ0n) is 12.3. The Morgan fingerprint density at radius 2 is 2.19 bits per heavy atom. The Bertz CT molecular complexity index is 756. The number of aryl methyl sites for hydroxylation is 3. The molecular formula is C13H18N4O3S. The van der Waals surface area contributed by atoms with E-state index in [9.17, 15) is 8.42 Å². The highest BCUT2D eigenvalue weighted by Crippen LogP contribution is 2.31. The number of sulfonamides is 1. The topological polar surface area (TPSA) is 90.0 Å². The summed E-state index contributed by atoms with van der Waals surface area (Å²) < 4.78 is 34.7. The second-order valence-corrected chi connectivity index (χ2v) is 7.04. The predicted octanol–water partition coefficient (Wildman–Crippen LogP) is 1.38. The van der Waals surface area contributed by atoms with Crippen LogP contribution in [0.4, 0.5) is 0 Å². The lowest BCUT2D eigenvalue weighted by molar-refractivity contribution is 0.390. The van der Waals surface area contributed by atoms with Crippen LogP contribution in [0.1, 0.15) is 41.6 Å². The standard InChI is InChI=1S/C13H18N4O3S/c1-8-13(9(2)20-15-8)21(18,19)16-11-5-4-6-12-10(11)7-14-17(12)3/h7,11,16H,4-6H2,1-3H3/t11-/m1/s1. The van der Waals surface area contributed by atoms with E-state index in [1.165, 1.54) is 0 Å². The van der Waals surface area contributed by atoms with Crippen LogP contribution in [0.3, 0.4) is 0 Å². The number of nitrogens with zero attached hydrogens (tertiary/aromatic N) is 3. The summed E-state index contributed by atoms with van der Waals surface area (Å²) in [5.74, 6) is 0.308. The van der Waals surface area contributed by atoms with Gasteiger partial charge in [-0.25, -0.2) is 13.1 Å². The lowest BCUT2D eigenvalue weighted by Gasteiger charge is -2.23. The first-order valence-corrected chi connectivity index (χ1v) is 8.34. The quantitative estimate of drug-likeness (QED) is 0.925. The molecule has 2 heterocycles. The van der Waals surface area contributed by atoms with Crippen LogP contribution in [-0.4, -0.2) is 23.4 Å². The summed E-state index contributed by atoms with van der Waals surface area (Å²) >= 11 is 0. The molecule has 1 aliphatic rings. The van der Waals surface area contributed by atoms with Crippen molar-refractivity contribution in [3.05, 3.63) is 28.9 Å². The molecule has 8 heteroatoms. The minimum Gasteiger partial charge on any atom is -0.360 e. The molecule has 0 bridgehead atoms. The van der Waals surface area contributed by atoms with E-state index in [1.807, 2.05) is 11.7 Å². The molecule has 0 aliphatic heterocycles. The van der Waals surface area contributed by atoms with E-state index in [-0.39, 0.29) is 10.9 Å². The van der Waals surface area contributed by atoms with E-state index in [0.29, 0.717) is 11.5 Å². The summed E-state index contributed by atoms with van der Waals surface area (Å²) in [6.45, 7) is 3.23. The first kappa shape index (κ1) is 14.3. The van der Waals surface area contributed by atoms with Gasteiger partial charge in [0.2, 0.25) is 10.0 Å². The SMILES string of the molecule is Cc1noc(C)c1S(=O)(=O)N[C@@H]1CCCc2c1cnn2C. The summed E-state index contributed by atoms with van der Waals surface area (Å²) in [6.07, 6.45) is 4.37. The molecule has 114 valence electrons. The number of rotatable bonds is 3. The maximum atomic E-state index is 12.6. The molecule has 0 fully saturated rings. The molecule has 0 spiro atoms. The van der Waals surface area contributed by atoms with E-state index in [2.05, 4.69) is 15.0 Å². The van der Waals surface area contributed by atoms with Gasteiger partial charge in [0.25, 0.3) is 0 Å². The van der Waals surface area contributed by atoms with E-state index in [4.69, 9.17) is 4.52 Å². The predicted molar refractivity (Wildman–Crippen MR) is 75.2 cm³/mol. The molecule has 3 rings (SSSR count). The zero-order chi connectivity index (χ0) is 15.2. The fourth-order valence-corrected chi connectivity index (χ4v) is 4.51. The third kappa shape index (κ3) is 2.38. The maximum Gasteiger partial charge on any atom is 0.246 e. The van der Waals surface area contributed by atoms with Crippen molar-refractivity contribution in [2.75, 3.05) is 0 Å². The lowest BCUT2D eigenvalue weighted by atomic mass is 9.94. The van der Waals surface area contributed by atoms with Gasteiger partial charge in [0, 0.05) is 18.3 Å². The first-order chi connectivity index (χ1) is 9.90. The zero-order valence-corrected chi connectivity index (χ0v) is 13.1. The fourth-order valence-electron chi connectivity index (χ4n) is 2.93. The molecule has 2 aromatic heterocycles. The van der Waals surface area contributed by atoms with Gasteiger partial charge < -0.3 is 4.52 Å². The minimum atomic E-state index is -3.65. The van der Waals surface area contributed by atoms with Crippen LogP contribution in [0.15, 0.2) is 15.6 Å². The van der Waals surface area contributed by atoms with Crippen molar-refractivity contribution in [1.29, 1.82) is 0 Å². The normalized spacial score (nSPS) is 18.7. The summed E-state index contributed by atoms with van der Waals surface area (Å²) in [4.78, 5) is 0.138. The molecule has 1 N–H and O–H groups in total. The van der Waals surface area contributed by atoms with Gasteiger partial charge in [-0.3, -0.25) is 4.68 Å². The van der Waals surface area contributed by atoms with Crippen molar-refractivity contribution < 1.29 is 12.9 Å².